The van der Waals surface area contributed by atoms with E-state index in [1.54, 1.807) is 25.2 Å². The molecule has 1 aromatic carbocycles. The number of aromatic amines is 1. The maximum absolute atomic E-state index is 12.2. The number of carbonyl (C=O) groups is 1. The van der Waals surface area contributed by atoms with Crippen LogP contribution in [0.5, 0.6) is 0 Å². The molecule has 1 N–H and O–H groups in total. The van der Waals surface area contributed by atoms with Crippen molar-refractivity contribution >= 4 is 22.7 Å². The van der Waals surface area contributed by atoms with Crippen molar-refractivity contribution in [2.75, 3.05) is 11.9 Å². The third kappa shape index (κ3) is 1.71. The lowest BCUT2D eigenvalue weighted by molar-refractivity contribution is -0.121. The highest BCUT2D eigenvalue weighted by Crippen LogP contribution is 2.46. The number of aromatic nitrogens is 1. The van der Waals surface area contributed by atoms with Crippen molar-refractivity contribution in [2.24, 2.45) is 5.41 Å². The maximum Gasteiger partial charge on any atom is 0.417 e. The number of H-pyrrole nitrogens is 1. The van der Waals surface area contributed by atoms with E-state index in [1.807, 2.05) is 0 Å². The fourth-order valence-corrected chi connectivity index (χ4v) is 2.09. The first-order chi connectivity index (χ1) is 9.05. The van der Waals surface area contributed by atoms with Gasteiger partial charge in [-0.2, -0.15) is 5.26 Å². The summed E-state index contributed by atoms with van der Waals surface area (Å²) in [7, 11) is 1.62. The molecule has 0 aliphatic heterocycles. The predicted molar refractivity (Wildman–Crippen MR) is 67.5 cm³/mol. The Morgan fingerprint density at radius 3 is 2.89 bits per heavy atom. The Hall–Kier alpha value is -2.55. The van der Waals surface area contributed by atoms with Gasteiger partial charge in [-0.25, -0.2) is 4.79 Å². The largest absolute Gasteiger partial charge is 0.417 e. The summed E-state index contributed by atoms with van der Waals surface area (Å²) in [6.45, 7) is 0. The molecule has 2 aromatic rings. The van der Waals surface area contributed by atoms with Gasteiger partial charge in [-0.1, -0.05) is 0 Å². The summed E-state index contributed by atoms with van der Waals surface area (Å²) < 4.78 is 4.90. The Balaban J connectivity index is 1.97. The van der Waals surface area contributed by atoms with Gasteiger partial charge >= 0.3 is 5.76 Å². The number of anilines is 1. The second-order valence-electron chi connectivity index (χ2n) is 4.75. The third-order valence-corrected chi connectivity index (χ3v) is 3.47. The van der Waals surface area contributed by atoms with Crippen LogP contribution < -0.4 is 10.7 Å². The van der Waals surface area contributed by atoms with E-state index in [4.69, 9.17) is 9.68 Å². The standard InChI is InChI=1S/C13H11N3O3/c1-16(11(17)13(7-14)4-5-13)8-2-3-10-9(6-8)15-12(18)19-10/h2-3,6H,4-5H2,1H3,(H,15,18). The molecule has 0 atom stereocenters. The highest BCUT2D eigenvalue weighted by Gasteiger charge is 2.52. The van der Waals surface area contributed by atoms with Gasteiger partial charge in [-0.3, -0.25) is 9.78 Å². The van der Waals surface area contributed by atoms with Gasteiger partial charge in [0.2, 0.25) is 5.91 Å². The molecular formula is C13H11N3O3. The summed E-state index contributed by atoms with van der Waals surface area (Å²) in [5.41, 5.74) is 0.740. The SMILES string of the molecule is CN(C(=O)C1(C#N)CC1)c1ccc2oc(=O)[nH]c2c1. The van der Waals surface area contributed by atoms with Gasteiger partial charge < -0.3 is 9.32 Å². The van der Waals surface area contributed by atoms with Gasteiger partial charge in [0.1, 0.15) is 5.41 Å². The van der Waals surface area contributed by atoms with Crippen molar-refractivity contribution in [3.63, 3.8) is 0 Å². The molecule has 0 saturated heterocycles. The van der Waals surface area contributed by atoms with Crippen LogP contribution in [0.2, 0.25) is 0 Å². The molecule has 1 heterocycles. The van der Waals surface area contributed by atoms with Crippen molar-refractivity contribution in [3.8, 4) is 6.07 Å². The molecule has 1 aliphatic carbocycles. The topological polar surface area (TPSA) is 90.1 Å². The summed E-state index contributed by atoms with van der Waals surface area (Å²) in [4.78, 5) is 27.3. The quantitative estimate of drug-likeness (QED) is 0.880. The minimum atomic E-state index is -0.854. The Morgan fingerprint density at radius 1 is 1.53 bits per heavy atom. The molecule has 96 valence electrons. The summed E-state index contributed by atoms with van der Waals surface area (Å²) in [6.07, 6.45) is 1.22. The second kappa shape index (κ2) is 3.72. The molecule has 3 rings (SSSR count). The van der Waals surface area contributed by atoms with Crippen LogP contribution >= 0.6 is 0 Å². The van der Waals surface area contributed by atoms with Crippen molar-refractivity contribution < 1.29 is 9.21 Å². The third-order valence-electron chi connectivity index (χ3n) is 3.47. The van der Waals surface area contributed by atoms with Crippen LogP contribution in [0.4, 0.5) is 5.69 Å². The van der Waals surface area contributed by atoms with Crippen molar-refractivity contribution in [3.05, 3.63) is 28.7 Å². The van der Waals surface area contributed by atoms with Gasteiger partial charge in [0.05, 0.1) is 11.6 Å². The number of hydrogen-bond donors (Lipinski definition) is 1. The van der Waals surface area contributed by atoms with Crippen molar-refractivity contribution in [2.45, 2.75) is 12.8 Å². The average molecular weight is 257 g/mol. The van der Waals surface area contributed by atoms with Gasteiger partial charge in [0.15, 0.2) is 5.58 Å². The Morgan fingerprint density at radius 2 is 2.26 bits per heavy atom. The highest BCUT2D eigenvalue weighted by atomic mass is 16.4. The summed E-state index contributed by atoms with van der Waals surface area (Å²) in [6, 6.07) is 7.04. The Labute approximate surface area is 108 Å². The van der Waals surface area contributed by atoms with Crippen LogP contribution in [0.25, 0.3) is 11.1 Å². The molecule has 0 spiro atoms. The van der Waals surface area contributed by atoms with Crippen LogP contribution in [0.3, 0.4) is 0 Å². The smallest absolute Gasteiger partial charge is 0.408 e. The van der Waals surface area contributed by atoms with Gasteiger partial charge in [0, 0.05) is 12.7 Å². The second-order valence-corrected chi connectivity index (χ2v) is 4.75. The van der Waals surface area contributed by atoms with E-state index in [9.17, 15) is 9.59 Å². The van der Waals surface area contributed by atoms with Gasteiger partial charge in [-0.15, -0.1) is 0 Å². The molecule has 1 aliphatic rings. The fraction of sp³-hybridized carbons (Fsp3) is 0.308. The summed E-state index contributed by atoms with van der Waals surface area (Å²) >= 11 is 0. The Kier molecular flexibility index (Phi) is 2.26. The zero-order valence-corrected chi connectivity index (χ0v) is 10.3. The maximum atomic E-state index is 12.2. The first-order valence-electron chi connectivity index (χ1n) is 5.88. The van der Waals surface area contributed by atoms with Crippen molar-refractivity contribution in [1.29, 1.82) is 5.26 Å². The molecule has 19 heavy (non-hydrogen) atoms. The summed E-state index contributed by atoms with van der Waals surface area (Å²) in [5.74, 6) is -0.739. The van der Waals surface area contributed by atoms with E-state index in [-0.39, 0.29) is 5.91 Å². The first kappa shape index (κ1) is 11.5. The van der Waals surface area contributed by atoms with E-state index in [0.717, 1.165) is 0 Å². The number of nitrogens with zero attached hydrogens (tertiary/aromatic N) is 2. The monoisotopic (exact) mass is 257 g/mol. The van der Waals surface area contributed by atoms with Crippen LogP contribution in [0.1, 0.15) is 12.8 Å². The minimum Gasteiger partial charge on any atom is -0.408 e. The molecule has 1 saturated carbocycles. The average Bonchev–Trinajstić information content (AvgIpc) is 3.12. The minimum absolute atomic E-state index is 0.208. The molecule has 1 aromatic heterocycles. The lowest BCUT2D eigenvalue weighted by Gasteiger charge is -2.19. The number of benzene rings is 1. The molecule has 0 bridgehead atoms. The van der Waals surface area contributed by atoms with E-state index in [1.165, 1.54) is 4.90 Å². The van der Waals surface area contributed by atoms with Crippen LogP contribution in [0.15, 0.2) is 27.4 Å². The van der Waals surface area contributed by atoms with Crippen molar-refractivity contribution in [1.82, 2.24) is 4.98 Å². The van der Waals surface area contributed by atoms with E-state index in [2.05, 4.69) is 11.1 Å². The highest BCUT2D eigenvalue weighted by molar-refractivity contribution is 6.01. The predicted octanol–water partition coefficient (Wildman–Crippen LogP) is 1.39. The lowest BCUT2D eigenvalue weighted by Crippen LogP contribution is -2.33. The number of oxazole rings is 1. The molecule has 0 unspecified atom stereocenters. The number of nitriles is 1. The van der Waals surface area contributed by atoms with Crippen LogP contribution in [-0.4, -0.2) is 17.9 Å². The normalized spacial score (nSPS) is 16.0. The van der Waals surface area contributed by atoms with E-state index in [0.29, 0.717) is 29.6 Å². The van der Waals surface area contributed by atoms with Gasteiger partial charge in [-0.05, 0) is 31.0 Å². The number of fused-ring (bicyclic) bond motifs is 1. The molecule has 1 fully saturated rings. The van der Waals surface area contributed by atoms with E-state index >= 15 is 0 Å². The number of amides is 1. The number of nitrogens with one attached hydrogen (secondary N) is 1. The number of hydrogen-bond acceptors (Lipinski definition) is 4. The summed E-state index contributed by atoms with van der Waals surface area (Å²) in [5, 5.41) is 9.04. The molecule has 6 heteroatoms. The molecule has 6 nitrogen and oxygen atoms in total. The lowest BCUT2D eigenvalue weighted by atomic mass is 10.1. The van der Waals surface area contributed by atoms with Crippen LogP contribution in [0, 0.1) is 16.7 Å². The molecular weight excluding hydrogens is 246 g/mol. The zero-order valence-electron chi connectivity index (χ0n) is 10.3. The van der Waals surface area contributed by atoms with Crippen LogP contribution in [-0.2, 0) is 4.79 Å². The first-order valence-corrected chi connectivity index (χ1v) is 5.88. The molecule has 1 amide bonds. The number of carbonyl (C=O) groups excluding carboxylic acids is 1. The molecule has 0 radical (unpaired) electrons. The van der Waals surface area contributed by atoms with Gasteiger partial charge in [0.25, 0.3) is 0 Å². The van der Waals surface area contributed by atoms with E-state index < -0.39 is 11.2 Å². The number of rotatable bonds is 2. The zero-order chi connectivity index (χ0) is 13.6. The Bertz CT molecular complexity index is 761. The fourth-order valence-electron chi connectivity index (χ4n) is 2.09.